The third-order valence-electron chi connectivity index (χ3n) is 7.05. The summed E-state index contributed by atoms with van der Waals surface area (Å²) in [5, 5.41) is 7.53. The van der Waals surface area contributed by atoms with Crippen LogP contribution in [-0.4, -0.2) is 57.1 Å². The number of hydrogen-bond acceptors (Lipinski definition) is 5. The Bertz CT molecular complexity index is 1090. The van der Waals surface area contributed by atoms with Gasteiger partial charge in [0.05, 0.1) is 12.2 Å². The molecule has 0 unspecified atom stereocenters. The highest BCUT2D eigenvalue weighted by Crippen LogP contribution is 2.24. The van der Waals surface area contributed by atoms with Crippen molar-refractivity contribution in [3.63, 3.8) is 0 Å². The number of aryl methyl sites for hydroxylation is 1. The Hall–Kier alpha value is -3.19. The van der Waals surface area contributed by atoms with E-state index < -0.39 is 0 Å². The zero-order valence-electron chi connectivity index (χ0n) is 20.4. The van der Waals surface area contributed by atoms with E-state index in [0.717, 1.165) is 60.5 Å². The van der Waals surface area contributed by atoms with E-state index in [2.05, 4.69) is 32.2 Å². The van der Waals surface area contributed by atoms with Gasteiger partial charge in [0.1, 0.15) is 12.4 Å². The molecule has 1 aliphatic carbocycles. The lowest BCUT2D eigenvalue weighted by Gasteiger charge is -2.26. The van der Waals surface area contributed by atoms with Gasteiger partial charge in [-0.3, -0.25) is 19.8 Å². The molecule has 2 aliphatic rings. The molecular formula is C28H35N5O2. The van der Waals surface area contributed by atoms with Crippen molar-refractivity contribution in [3.8, 4) is 5.75 Å². The number of pyridine rings is 1. The van der Waals surface area contributed by atoms with Gasteiger partial charge in [0, 0.05) is 30.5 Å². The van der Waals surface area contributed by atoms with Crippen molar-refractivity contribution >= 4 is 5.91 Å². The summed E-state index contributed by atoms with van der Waals surface area (Å²) in [5.41, 5.74) is 4.69. The lowest BCUT2D eigenvalue weighted by Crippen LogP contribution is -2.33. The number of piperidine rings is 1. The molecule has 184 valence electrons. The summed E-state index contributed by atoms with van der Waals surface area (Å²) < 4.78 is 5.99. The number of H-pyrrole nitrogens is 1. The molecule has 0 radical (unpaired) electrons. The van der Waals surface area contributed by atoms with Crippen LogP contribution >= 0.6 is 0 Å². The van der Waals surface area contributed by atoms with Crippen LogP contribution in [0.25, 0.3) is 0 Å². The smallest absolute Gasteiger partial charge is 0.275 e. The van der Waals surface area contributed by atoms with Crippen molar-refractivity contribution in [2.24, 2.45) is 0 Å². The molecule has 7 heteroatoms. The zero-order valence-corrected chi connectivity index (χ0v) is 20.4. The Balaban J connectivity index is 1.25. The molecule has 0 bridgehead atoms. The summed E-state index contributed by atoms with van der Waals surface area (Å²) in [6.07, 6.45) is 9.83. The summed E-state index contributed by atoms with van der Waals surface area (Å²) in [7, 11) is 0. The van der Waals surface area contributed by atoms with Crippen LogP contribution in [0.4, 0.5) is 0 Å². The SMILES string of the molecule is O=C(c1n[nH]c2c1CCCC2)N(Cc1ccc(OCCN2CCCCC2)cc1)Cc1ccccn1. The first-order chi connectivity index (χ1) is 17.3. The first-order valence-electron chi connectivity index (χ1n) is 13.0. The number of aromatic amines is 1. The summed E-state index contributed by atoms with van der Waals surface area (Å²) in [5.74, 6) is 0.826. The van der Waals surface area contributed by atoms with Gasteiger partial charge in [-0.05, 0) is 81.4 Å². The largest absolute Gasteiger partial charge is 0.492 e. The monoisotopic (exact) mass is 473 g/mol. The minimum atomic E-state index is -0.0445. The van der Waals surface area contributed by atoms with Crippen LogP contribution in [0.2, 0.25) is 0 Å². The van der Waals surface area contributed by atoms with Gasteiger partial charge in [-0.1, -0.05) is 24.6 Å². The van der Waals surface area contributed by atoms with E-state index in [1.54, 1.807) is 6.20 Å². The van der Waals surface area contributed by atoms with Crippen LogP contribution in [0.3, 0.4) is 0 Å². The van der Waals surface area contributed by atoms with Crippen LogP contribution in [0, 0.1) is 0 Å². The summed E-state index contributed by atoms with van der Waals surface area (Å²) in [6.45, 7) is 4.97. The van der Waals surface area contributed by atoms with Gasteiger partial charge >= 0.3 is 0 Å². The fraction of sp³-hybridized carbons (Fsp3) is 0.464. The van der Waals surface area contributed by atoms with Gasteiger partial charge in [0.15, 0.2) is 5.69 Å². The Morgan fingerprint density at radius 1 is 0.971 bits per heavy atom. The van der Waals surface area contributed by atoms with Crippen molar-refractivity contribution < 1.29 is 9.53 Å². The number of amides is 1. The number of fused-ring (bicyclic) bond motifs is 1. The predicted molar refractivity (Wildman–Crippen MR) is 135 cm³/mol. The van der Waals surface area contributed by atoms with Gasteiger partial charge in [0.2, 0.25) is 0 Å². The number of ether oxygens (including phenoxy) is 1. The van der Waals surface area contributed by atoms with Gasteiger partial charge in [-0.15, -0.1) is 0 Å². The van der Waals surface area contributed by atoms with E-state index in [4.69, 9.17) is 4.74 Å². The van der Waals surface area contributed by atoms with Crippen molar-refractivity contribution in [3.05, 3.63) is 76.9 Å². The standard InChI is InChI=1S/C28H35N5O2/c34-28(27-25-9-2-3-10-26(25)30-31-27)33(21-23-8-4-5-15-29-23)20-22-11-13-24(14-12-22)35-19-18-32-16-6-1-7-17-32/h4-5,8,11-15H,1-3,6-7,9-10,16-21H2,(H,30,31). The van der Waals surface area contributed by atoms with E-state index in [-0.39, 0.29) is 5.91 Å². The molecule has 3 heterocycles. The normalized spacial score (nSPS) is 16.0. The first kappa shape index (κ1) is 23.5. The maximum absolute atomic E-state index is 13.6. The molecule has 7 nitrogen and oxygen atoms in total. The molecule has 0 saturated carbocycles. The third kappa shape index (κ3) is 6.09. The number of carbonyl (C=O) groups excluding carboxylic acids is 1. The minimum absolute atomic E-state index is 0.0445. The molecule has 1 saturated heterocycles. The molecule has 1 amide bonds. The van der Waals surface area contributed by atoms with Crippen LogP contribution in [-0.2, 0) is 25.9 Å². The summed E-state index contributed by atoms with van der Waals surface area (Å²) >= 11 is 0. The van der Waals surface area contributed by atoms with E-state index in [1.807, 2.05) is 35.2 Å². The second-order valence-electron chi connectivity index (χ2n) is 9.61. The number of benzene rings is 1. The lowest BCUT2D eigenvalue weighted by atomic mass is 9.95. The van der Waals surface area contributed by atoms with Crippen LogP contribution < -0.4 is 4.74 Å². The molecule has 1 aliphatic heterocycles. The number of nitrogens with zero attached hydrogens (tertiary/aromatic N) is 4. The lowest BCUT2D eigenvalue weighted by molar-refractivity contribution is 0.0720. The van der Waals surface area contributed by atoms with Gasteiger partial charge < -0.3 is 9.64 Å². The van der Waals surface area contributed by atoms with E-state index >= 15 is 0 Å². The molecule has 0 spiro atoms. The first-order valence-corrected chi connectivity index (χ1v) is 13.0. The van der Waals surface area contributed by atoms with E-state index in [1.165, 1.54) is 32.4 Å². The van der Waals surface area contributed by atoms with Gasteiger partial charge in [-0.25, -0.2) is 0 Å². The van der Waals surface area contributed by atoms with E-state index in [0.29, 0.717) is 25.4 Å². The number of nitrogens with one attached hydrogen (secondary N) is 1. The molecule has 1 fully saturated rings. The Labute approximate surface area is 207 Å². The number of rotatable bonds is 9. The van der Waals surface area contributed by atoms with Crippen molar-refractivity contribution in [2.45, 2.75) is 58.0 Å². The minimum Gasteiger partial charge on any atom is -0.492 e. The van der Waals surface area contributed by atoms with Crippen molar-refractivity contribution in [1.29, 1.82) is 0 Å². The number of carbonyl (C=O) groups is 1. The molecular weight excluding hydrogens is 438 g/mol. The Morgan fingerprint density at radius 2 is 1.80 bits per heavy atom. The average molecular weight is 474 g/mol. The highest BCUT2D eigenvalue weighted by atomic mass is 16.5. The number of hydrogen-bond donors (Lipinski definition) is 1. The highest BCUT2D eigenvalue weighted by molar-refractivity contribution is 5.94. The molecule has 0 atom stereocenters. The van der Waals surface area contributed by atoms with Gasteiger partial charge in [-0.2, -0.15) is 5.10 Å². The fourth-order valence-electron chi connectivity index (χ4n) is 5.08. The maximum atomic E-state index is 13.6. The number of aromatic nitrogens is 3. The number of likely N-dealkylation sites (tertiary alicyclic amines) is 1. The quantitative estimate of drug-likeness (QED) is 0.499. The fourth-order valence-corrected chi connectivity index (χ4v) is 5.08. The maximum Gasteiger partial charge on any atom is 0.275 e. The Kier molecular flexibility index (Phi) is 7.73. The molecule has 1 N–H and O–H groups in total. The van der Waals surface area contributed by atoms with Crippen LogP contribution in [0.1, 0.15) is 65.1 Å². The molecule has 5 rings (SSSR count). The molecule has 2 aromatic heterocycles. The third-order valence-corrected chi connectivity index (χ3v) is 7.05. The second kappa shape index (κ2) is 11.5. The Morgan fingerprint density at radius 3 is 2.60 bits per heavy atom. The van der Waals surface area contributed by atoms with Crippen molar-refractivity contribution in [2.75, 3.05) is 26.2 Å². The van der Waals surface area contributed by atoms with Gasteiger partial charge in [0.25, 0.3) is 5.91 Å². The zero-order chi connectivity index (χ0) is 23.9. The molecule has 1 aromatic carbocycles. The van der Waals surface area contributed by atoms with E-state index in [9.17, 15) is 4.79 Å². The molecule has 3 aromatic rings. The molecule has 35 heavy (non-hydrogen) atoms. The van der Waals surface area contributed by atoms with Crippen molar-refractivity contribution in [1.82, 2.24) is 25.0 Å². The summed E-state index contributed by atoms with van der Waals surface area (Å²) in [6, 6.07) is 13.9. The second-order valence-corrected chi connectivity index (χ2v) is 9.61. The highest BCUT2D eigenvalue weighted by Gasteiger charge is 2.26. The predicted octanol–water partition coefficient (Wildman–Crippen LogP) is 4.39. The summed E-state index contributed by atoms with van der Waals surface area (Å²) in [4.78, 5) is 22.4. The van der Waals surface area contributed by atoms with Crippen LogP contribution in [0.5, 0.6) is 5.75 Å². The topological polar surface area (TPSA) is 74.3 Å². The average Bonchev–Trinajstić information content (AvgIpc) is 3.34. The van der Waals surface area contributed by atoms with Crippen LogP contribution in [0.15, 0.2) is 48.7 Å².